The van der Waals surface area contributed by atoms with Crippen LogP contribution >= 0.6 is 0 Å². The van der Waals surface area contributed by atoms with Gasteiger partial charge in [-0.2, -0.15) is 0 Å². The van der Waals surface area contributed by atoms with E-state index in [9.17, 15) is 0 Å². The zero-order valence-electron chi connectivity index (χ0n) is 11.1. The van der Waals surface area contributed by atoms with Crippen molar-refractivity contribution in [3.05, 3.63) is 24.0 Å². The van der Waals surface area contributed by atoms with E-state index in [2.05, 4.69) is 30.5 Å². The maximum Gasteiger partial charge on any atom is 0.115 e. The van der Waals surface area contributed by atoms with Crippen molar-refractivity contribution < 1.29 is 9.47 Å². The zero-order valence-corrected chi connectivity index (χ0v) is 11.1. The second-order valence-corrected chi connectivity index (χ2v) is 4.17. The fourth-order valence-corrected chi connectivity index (χ4v) is 1.71. The molecule has 0 heterocycles. The summed E-state index contributed by atoms with van der Waals surface area (Å²) in [5.74, 6) is 1.72. The Bertz CT molecular complexity index is 249. The summed E-state index contributed by atoms with van der Waals surface area (Å²) in [5.41, 5.74) is 0. The van der Waals surface area contributed by atoms with Gasteiger partial charge in [0.05, 0.1) is 6.61 Å². The van der Waals surface area contributed by atoms with Crippen LogP contribution in [0, 0.1) is 5.92 Å². The lowest BCUT2D eigenvalue weighted by molar-refractivity contribution is 0.146. The van der Waals surface area contributed by atoms with Gasteiger partial charge in [-0.1, -0.05) is 13.0 Å². The van der Waals surface area contributed by atoms with E-state index in [1.165, 1.54) is 6.42 Å². The van der Waals surface area contributed by atoms with E-state index < -0.39 is 0 Å². The summed E-state index contributed by atoms with van der Waals surface area (Å²) in [6.07, 6.45) is 8.85. The van der Waals surface area contributed by atoms with Gasteiger partial charge in [0.1, 0.15) is 12.4 Å². The fourth-order valence-electron chi connectivity index (χ4n) is 1.71. The van der Waals surface area contributed by atoms with Gasteiger partial charge >= 0.3 is 0 Å². The number of allylic oxidation sites excluding steroid dienone is 3. The van der Waals surface area contributed by atoms with Gasteiger partial charge in [-0.05, 0) is 37.8 Å². The van der Waals surface area contributed by atoms with Crippen LogP contribution in [0.3, 0.4) is 0 Å². The van der Waals surface area contributed by atoms with Crippen LogP contribution in [0.15, 0.2) is 24.0 Å². The Morgan fingerprint density at radius 2 is 2.12 bits per heavy atom. The minimum Gasteiger partial charge on any atom is -0.493 e. The molecular weight excluding hydrogens is 214 g/mol. The minimum absolute atomic E-state index is 0.701. The van der Waals surface area contributed by atoms with Gasteiger partial charge in [0.15, 0.2) is 0 Å². The zero-order chi connectivity index (χ0) is 12.3. The van der Waals surface area contributed by atoms with E-state index in [0.717, 1.165) is 45.1 Å². The van der Waals surface area contributed by atoms with Crippen LogP contribution in [0.4, 0.5) is 0 Å². The van der Waals surface area contributed by atoms with Gasteiger partial charge in [-0.25, -0.2) is 0 Å². The summed E-state index contributed by atoms with van der Waals surface area (Å²) in [5, 5.41) is 3.28. The first kappa shape index (κ1) is 14.3. The molecule has 0 fully saturated rings. The van der Waals surface area contributed by atoms with Crippen molar-refractivity contribution >= 4 is 0 Å². The SMILES string of the molecule is CCOCCNCCOC1=CCC(CC)C=C1. The lowest BCUT2D eigenvalue weighted by atomic mass is 9.98. The maximum atomic E-state index is 5.65. The second kappa shape index (κ2) is 9.25. The lowest BCUT2D eigenvalue weighted by Gasteiger charge is -2.15. The van der Waals surface area contributed by atoms with Crippen LogP contribution in [0.5, 0.6) is 0 Å². The largest absolute Gasteiger partial charge is 0.493 e. The van der Waals surface area contributed by atoms with Crippen molar-refractivity contribution in [1.29, 1.82) is 0 Å². The van der Waals surface area contributed by atoms with E-state index in [4.69, 9.17) is 9.47 Å². The Morgan fingerprint density at radius 1 is 1.29 bits per heavy atom. The monoisotopic (exact) mass is 239 g/mol. The first-order valence-electron chi connectivity index (χ1n) is 6.66. The van der Waals surface area contributed by atoms with Crippen molar-refractivity contribution in [3.8, 4) is 0 Å². The van der Waals surface area contributed by atoms with Crippen molar-refractivity contribution in [3.63, 3.8) is 0 Å². The maximum absolute atomic E-state index is 5.65. The summed E-state index contributed by atoms with van der Waals surface area (Å²) in [4.78, 5) is 0. The standard InChI is InChI=1S/C14H25NO2/c1-3-13-5-7-14(8-6-13)17-12-10-15-9-11-16-4-2/h5,7-8,13,15H,3-4,6,9-12H2,1-2H3. The van der Waals surface area contributed by atoms with Crippen molar-refractivity contribution in [2.24, 2.45) is 5.92 Å². The molecule has 3 nitrogen and oxygen atoms in total. The van der Waals surface area contributed by atoms with Crippen LogP contribution in [0.2, 0.25) is 0 Å². The summed E-state index contributed by atoms with van der Waals surface area (Å²) in [6, 6.07) is 0. The lowest BCUT2D eigenvalue weighted by Crippen LogP contribution is -2.24. The molecule has 17 heavy (non-hydrogen) atoms. The first-order valence-corrected chi connectivity index (χ1v) is 6.66. The van der Waals surface area contributed by atoms with Gasteiger partial charge < -0.3 is 14.8 Å². The first-order chi connectivity index (χ1) is 8.36. The summed E-state index contributed by atoms with van der Waals surface area (Å²) in [7, 11) is 0. The third kappa shape index (κ3) is 6.49. The van der Waals surface area contributed by atoms with Gasteiger partial charge in [-0.3, -0.25) is 0 Å². The second-order valence-electron chi connectivity index (χ2n) is 4.17. The van der Waals surface area contributed by atoms with E-state index in [1.54, 1.807) is 0 Å². The quantitative estimate of drug-likeness (QED) is 0.627. The molecule has 1 unspecified atom stereocenters. The molecule has 0 saturated carbocycles. The number of hydrogen-bond acceptors (Lipinski definition) is 3. The third-order valence-corrected chi connectivity index (χ3v) is 2.85. The predicted molar refractivity (Wildman–Crippen MR) is 70.9 cm³/mol. The van der Waals surface area contributed by atoms with Crippen LogP contribution in [-0.4, -0.2) is 32.9 Å². The van der Waals surface area contributed by atoms with Gasteiger partial charge in [0.2, 0.25) is 0 Å². The molecule has 0 saturated heterocycles. The Labute approximate surface area is 105 Å². The molecule has 0 radical (unpaired) electrons. The average Bonchev–Trinajstić information content (AvgIpc) is 2.38. The molecule has 0 aliphatic heterocycles. The van der Waals surface area contributed by atoms with E-state index in [-0.39, 0.29) is 0 Å². The fraction of sp³-hybridized carbons (Fsp3) is 0.714. The van der Waals surface area contributed by atoms with E-state index in [0.29, 0.717) is 5.92 Å². The van der Waals surface area contributed by atoms with Gasteiger partial charge in [0, 0.05) is 19.7 Å². The molecule has 0 aromatic carbocycles. The summed E-state index contributed by atoms with van der Waals surface area (Å²) < 4.78 is 10.9. The highest BCUT2D eigenvalue weighted by molar-refractivity contribution is 5.18. The predicted octanol–water partition coefficient (Wildman–Crippen LogP) is 2.50. The molecule has 1 atom stereocenters. The molecule has 1 rings (SSSR count). The normalized spacial score (nSPS) is 19.2. The van der Waals surface area contributed by atoms with E-state index in [1.807, 2.05) is 6.92 Å². The number of ether oxygens (including phenoxy) is 2. The van der Waals surface area contributed by atoms with Crippen LogP contribution < -0.4 is 5.32 Å². The molecule has 1 N–H and O–H groups in total. The molecule has 0 bridgehead atoms. The molecule has 0 aromatic rings. The molecule has 1 aliphatic rings. The van der Waals surface area contributed by atoms with Crippen LogP contribution in [0.1, 0.15) is 26.7 Å². The van der Waals surface area contributed by atoms with Gasteiger partial charge in [0.25, 0.3) is 0 Å². The van der Waals surface area contributed by atoms with Gasteiger partial charge in [-0.15, -0.1) is 0 Å². The topological polar surface area (TPSA) is 30.5 Å². The Hall–Kier alpha value is -0.800. The molecule has 0 spiro atoms. The molecule has 1 aliphatic carbocycles. The third-order valence-electron chi connectivity index (χ3n) is 2.85. The Kier molecular flexibility index (Phi) is 7.76. The van der Waals surface area contributed by atoms with Crippen molar-refractivity contribution in [2.75, 3.05) is 32.9 Å². The highest BCUT2D eigenvalue weighted by Crippen LogP contribution is 2.19. The highest BCUT2D eigenvalue weighted by Gasteiger charge is 2.06. The van der Waals surface area contributed by atoms with Crippen LogP contribution in [0.25, 0.3) is 0 Å². The number of nitrogens with one attached hydrogen (secondary N) is 1. The molecule has 0 aromatic heterocycles. The average molecular weight is 239 g/mol. The minimum atomic E-state index is 0.701. The highest BCUT2D eigenvalue weighted by atomic mass is 16.5. The van der Waals surface area contributed by atoms with Crippen molar-refractivity contribution in [1.82, 2.24) is 5.32 Å². The molecule has 0 amide bonds. The number of rotatable bonds is 9. The summed E-state index contributed by atoms with van der Waals surface area (Å²) in [6.45, 7) is 8.27. The number of hydrogen-bond donors (Lipinski definition) is 1. The van der Waals surface area contributed by atoms with E-state index >= 15 is 0 Å². The summed E-state index contributed by atoms with van der Waals surface area (Å²) >= 11 is 0. The Morgan fingerprint density at radius 3 is 2.76 bits per heavy atom. The molecule has 3 heteroatoms. The van der Waals surface area contributed by atoms with Crippen molar-refractivity contribution in [2.45, 2.75) is 26.7 Å². The molecule has 98 valence electrons. The van der Waals surface area contributed by atoms with Crippen LogP contribution in [-0.2, 0) is 9.47 Å². The Balaban J connectivity index is 1.97. The smallest absolute Gasteiger partial charge is 0.115 e. The molecular formula is C14H25NO2.